The van der Waals surface area contributed by atoms with E-state index in [2.05, 4.69) is 0 Å². The van der Waals surface area contributed by atoms with Crippen LogP contribution < -0.4 is 0 Å². The molecular formula is C10H16O2S2. The summed E-state index contributed by atoms with van der Waals surface area (Å²) in [7, 11) is 0. The number of hydrogen-bond donors (Lipinski definition) is 1. The van der Waals surface area contributed by atoms with Crippen molar-refractivity contribution >= 4 is 29.5 Å². The number of aliphatic carboxylic acids is 1. The lowest BCUT2D eigenvalue weighted by atomic mass is 10.1. The first-order chi connectivity index (χ1) is 6.77. The molecule has 0 amide bonds. The van der Waals surface area contributed by atoms with Crippen molar-refractivity contribution in [3.05, 3.63) is 0 Å². The molecule has 2 rings (SSSR count). The van der Waals surface area contributed by atoms with Crippen molar-refractivity contribution in [2.45, 2.75) is 30.3 Å². The van der Waals surface area contributed by atoms with E-state index in [-0.39, 0.29) is 5.92 Å². The van der Waals surface area contributed by atoms with E-state index in [0.717, 1.165) is 19.3 Å². The molecule has 0 unspecified atom stereocenters. The fourth-order valence-electron chi connectivity index (χ4n) is 2.27. The van der Waals surface area contributed by atoms with E-state index in [0.29, 0.717) is 10.5 Å². The Balaban J connectivity index is 1.85. The van der Waals surface area contributed by atoms with Gasteiger partial charge < -0.3 is 5.11 Å². The topological polar surface area (TPSA) is 37.3 Å². The van der Waals surface area contributed by atoms with Gasteiger partial charge in [0.05, 0.1) is 10.5 Å². The van der Waals surface area contributed by atoms with Gasteiger partial charge in [-0.1, -0.05) is 0 Å². The molecule has 2 nitrogen and oxygen atoms in total. The van der Waals surface area contributed by atoms with Crippen molar-refractivity contribution in [1.29, 1.82) is 0 Å². The third-order valence-corrected chi connectivity index (χ3v) is 6.35. The Bertz CT molecular complexity index is 214. The smallest absolute Gasteiger partial charge is 0.306 e. The van der Waals surface area contributed by atoms with Crippen molar-refractivity contribution in [2.75, 3.05) is 11.5 Å². The minimum atomic E-state index is -0.585. The summed E-state index contributed by atoms with van der Waals surface area (Å²) in [5, 5.41) is 8.92. The summed E-state index contributed by atoms with van der Waals surface area (Å²) in [6.45, 7) is 0. The molecule has 80 valence electrons. The first-order valence-electron chi connectivity index (χ1n) is 5.23. The Labute approximate surface area is 93.2 Å². The molecule has 1 N–H and O–H groups in total. The monoisotopic (exact) mass is 232 g/mol. The zero-order valence-corrected chi connectivity index (χ0v) is 9.78. The van der Waals surface area contributed by atoms with Gasteiger partial charge in [0.1, 0.15) is 0 Å². The Hall–Kier alpha value is 0.170. The number of hydrogen-bond acceptors (Lipinski definition) is 3. The predicted octanol–water partition coefficient (Wildman–Crippen LogP) is 2.68. The van der Waals surface area contributed by atoms with Crippen molar-refractivity contribution in [2.24, 2.45) is 11.8 Å². The predicted molar refractivity (Wildman–Crippen MR) is 61.8 cm³/mol. The van der Waals surface area contributed by atoms with Crippen LogP contribution in [0.15, 0.2) is 0 Å². The molecule has 2 fully saturated rings. The van der Waals surface area contributed by atoms with Crippen molar-refractivity contribution < 1.29 is 9.90 Å². The third-order valence-electron chi connectivity index (χ3n) is 3.06. The second-order valence-electron chi connectivity index (χ2n) is 4.07. The average Bonchev–Trinajstić information content (AvgIpc) is 2.68. The summed E-state index contributed by atoms with van der Waals surface area (Å²) in [4.78, 5) is 10.8. The Morgan fingerprint density at radius 1 is 1.21 bits per heavy atom. The van der Waals surface area contributed by atoms with Crippen LogP contribution >= 0.6 is 23.5 Å². The van der Waals surface area contributed by atoms with E-state index in [1.165, 1.54) is 17.9 Å². The fourth-order valence-corrected chi connectivity index (χ4v) is 5.54. The largest absolute Gasteiger partial charge is 0.481 e. The SMILES string of the molecule is O=C(O)[C@H]1CC[C@@H](C2SCCCS2)C1. The first kappa shape index (κ1) is 10.7. The van der Waals surface area contributed by atoms with Gasteiger partial charge in [0.2, 0.25) is 0 Å². The number of rotatable bonds is 2. The van der Waals surface area contributed by atoms with Crippen LogP contribution in [-0.2, 0) is 4.79 Å². The number of carboxylic acid groups (broad SMARTS) is 1. The van der Waals surface area contributed by atoms with Gasteiger partial charge in [0, 0.05) is 0 Å². The van der Waals surface area contributed by atoms with Crippen LogP contribution in [0.4, 0.5) is 0 Å². The minimum absolute atomic E-state index is 0.0527. The van der Waals surface area contributed by atoms with Gasteiger partial charge in [0.25, 0.3) is 0 Å². The normalized spacial score (nSPS) is 34.6. The minimum Gasteiger partial charge on any atom is -0.481 e. The summed E-state index contributed by atoms with van der Waals surface area (Å²) in [5.41, 5.74) is 0. The van der Waals surface area contributed by atoms with Crippen molar-refractivity contribution in [3.8, 4) is 0 Å². The molecule has 0 aromatic heterocycles. The van der Waals surface area contributed by atoms with Crippen LogP contribution in [0.5, 0.6) is 0 Å². The Morgan fingerprint density at radius 2 is 1.93 bits per heavy atom. The van der Waals surface area contributed by atoms with Gasteiger partial charge in [-0.3, -0.25) is 4.79 Å². The van der Waals surface area contributed by atoms with Gasteiger partial charge >= 0.3 is 5.97 Å². The zero-order chi connectivity index (χ0) is 9.97. The third kappa shape index (κ3) is 2.40. The maximum atomic E-state index is 10.8. The molecule has 2 aliphatic rings. The molecule has 1 aliphatic carbocycles. The lowest BCUT2D eigenvalue weighted by molar-refractivity contribution is -0.141. The van der Waals surface area contributed by atoms with E-state index in [4.69, 9.17) is 5.11 Å². The lowest BCUT2D eigenvalue weighted by Crippen LogP contribution is -2.17. The molecule has 0 aromatic carbocycles. The highest BCUT2D eigenvalue weighted by molar-refractivity contribution is 8.17. The summed E-state index contributed by atoms with van der Waals surface area (Å²) >= 11 is 4.09. The average molecular weight is 232 g/mol. The van der Waals surface area contributed by atoms with Gasteiger partial charge in [-0.25, -0.2) is 0 Å². The second kappa shape index (κ2) is 4.79. The fraction of sp³-hybridized carbons (Fsp3) is 0.900. The van der Waals surface area contributed by atoms with Crippen molar-refractivity contribution in [1.82, 2.24) is 0 Å². The van der Waals surface area contributed by atoms with Gasteiger partial charge in [-0.2, -0.15) is 0 Å². The molecule has 4 heteroatoms. The highest BCUT2D eigenvalue weighted by Gasteiger charge is 2.35. The van der Waals surface area contributed by atoms with Crippen molar-refractivity contribution in [3.63, 3.8) is 0 Å². The molecule has 1 saturated heterocycles. The standard InChI is InChI=1S/C10H16O2S2/c11-9(12)7-2-3-8(6-7)10-13-4-1-5-14-10/h7-8,10H,1-6H2,(H,11,12)/t7-,8+/m0/s1. The molecule has 1 aliphatic heterocycles. The molecule has 2 atom stereocenters. The van der Waals surface area contributed by atoms with Crippen LogP contribution in [-0.4, -0.2) is 27.2 Å². The maximum Gasteiger partial charge on any atom is 0.306 e. The lowest BCUT2D eigenvalue weighted by Gasteiger charge is -2.26. The quantitative estimate of drug-likeness (QED) is 0.794. The van der Waals surface area contributed by atoms with E-state index in [9.17, 15) is 4.79 Å². The summed E-state index contributed by atoms with van der Waals surface area (Å²) in [5.74, 6) is 2.56. The number of carboxylic acids is 1. The highest BCUT2D eigenvalue weighted by Crippen LogP contribution is 2.44. The maximum absolute atomic E-state index is 10.8. The molecule has 0 spiro atoms. The van der Waals surface area contributed by atoms with Crippen LogP contribution in [0.25, 0.3) is 0 Å². The van der Waals surface area contributed by atoms with E-state index >= 15 is 0 Å². The first-order valence-corrected chi connectivity index (χ1v) is 7.33. The van der Waals surface area contributed by atoms with Gasteiger partial charge in [-0.15, -0.1) is 23.5 Å². The van der Waals surface area contributed by atoms with Gasteiger partial charge in [0.15, 0.2) is 0 Å². The summed E-state index contributed by atoms with van der Waals surface area (Å²) in [6.07, 6.45) is 4.26. The molecule has 1 saturated carbocycles. The van der Waals surface area contributed by atoms with Crippen LogP contribution in [0, 0.1) is 11.8 Å². The number of thioether (sulfide) groups is 2. The van der Waals surface area contributed by atoms with E-state index in [1.54, 1.807) is 0 Å². The molecule has 1 heterocycles. The molecule has 0 aromatic rings. The molecule has 0 bridgehead atoms. The van der Waals surface area contributed by atoms with Crippen LogP contribution in [0.1, 0.15) is 25.7 Å². The summed E-state index contributed by atoms with van der Waals surface area (Å²) < 4.78 is 0.688. The van der Waals surface area contributed by atoms with Gasteiger partial charge in [-0.05, 0) is 43.1 Å². The summed E-state index contributed by atoms with van der Waals surface area (Å²) in [6, 6.07) is 0. The van der Waals surface area contributed by atoms with E-state index in [1.807, 2.05) is 23.5 Å². The van der Waals surface area contributed by atoms with Crippen LogP contribution in [0.3, 0.4) is 0 Å². The second-order valence-corrected chi connectivity index (χ2v) is 6.87. The number of carbonyl (C=O) groups is 1. The molecular weight excluding hydrogens is 216 g/mol. The Morgan fingerprint density at radius 3 is 2.50 bits per heavy atom. The molecule has 14 heavy (non-hydrogen) atoms. The van der Waals surface area contributed by atoms with Crippen LogP contribution in [0.2, 0.25) is 0 Å². The Kier molecular flexibility index (Phi) is 3.66. The zero-order valence-electron chi connectivity index (χ0n) is 8.15. The van der Waals surface area contributed by atoms with E-state index < -0.39 is 5.97 Å². The molecule has 0 radical (unpaired) electrons. The highest BCUT2D eigenvalue weighted by atomic mass is 32.2.